The van der Waals surface area contributed by atoms with Crippen molar-refractivity contribution in [3.63, 3.8) is 0 Å². The molecule has 0 aromatic heterocycles. The molecule has 1 aliphatic rings. The zero-order valence-electron chi connectivity index (χ0n) is 21.6. The van der Waals surface area contributed by atoms with E-state index in [1.54, 1.807) is 24.3 Å². The first-order chi connectivity index (χ1) is 17.6. The molecule has 1 aliphatic heterocycles. The number of benzene rings is 2. The molecule has 0 aliphatic carbocycles. The van der Waals surface area contributed by atoms with Crippen molar-refractivity contribution in [3.8, 4) is 34.5 Å². The fourth-order valence-electron chi connectivity index (χ4n) is 4.47. The summed E-state index contributed by atoms with van der Waals surface area (Å²) in [5, 5.41) is 20.8. The second kappa shape index (κ2) is 11.9. The van der Waals surface area contributed by atoms with Gasteiger partial charge in [-0.15, -0.1) is 0 Å². The molecule has 1 heterocycles. The Kier molecular flexibility index (Phi) is 8.93. The number of carbonyl (C=O) groups is 2. The van der Waals surface area contributed by atoms with Crippen LogP contribution in [0.25, 0.3) is 0 Å². The molecule has 202 valence electrons. The van der Waals surface area contributed by atoms with Crippen molar-refractivity contribution >= 4 is 11.9 Å². The van der Waals surface area contributed by atoms with Gasteiger partial charge in [0.15, 0.2) is 23.0 Å². The van der Waals surface area contributed by atoms with E-state index >= 15 is 0 Å². The molecule has 0 amide bonds. The van der Waals surface area contributed by atoms with E-state index in [-0.39, 0.29) is 47.7 Å². The van der Waals surface area contributed by atoms with Gasteiger partial charge in [-0.3, -0.25) is 9.59 Å². The lowest BCUT2D eigenvalue weighted by molar-refractivity contribution is -0.146. The van der Waals surface area contributed by atoms with E-state index in [0.717, 1.165) is 0 Å². The Morgan fingerprint density at radius 3 is 1.22 bits per heavy atom. The number of phenols is 2. The Bertz CT molecular complexity index is 992. The Balaban J connectivity index is 2.16. The van der Waals surface area contributed by atoms with Crippen LogP contribution in [0.5, 0.6) is 34.5 Å². The Hall–Kier alpha value is -3.86. The summed E-state index contributed by atoms with van der Waals surface area (Å²) in [7, 11) is 5.63. The van der Waals surface area contributed by atoms with Gasteiger partial charge in [0, 0.05) is 25.7 Å². The number of rotatable bonds is 10. The van der Waals surface area contributed by atoms with Crippen LogP contribution in [0.4, 0.5) is 0 Å². The lowest BCUT2D eigenvalue weighted by Gasteiger charge is -2.24. The number of ether oxygens (including phenoxy) is 7. The topological polar surface area (TPSA) is 139 Å². The van der Waals surface area contributed by atoms with Gasteiger partial charge in [-0.05, 0) is 35.4 Å². The molecule has 0 saturated carbocycles. The number of hydrogen-bond donors (Lipinski definition) is 2. The molecule has 11 heteroatoms. The zero-order valence-corrected chi connectivity index (χ0v) is 21.6. The quantitative estimate of drug-likeness (QED) is 0.446. The average molecular weight is 521 g/mol. The van der Waals surface area contributed by atoms with Crippen LogP contribution in [-0.4, -0.2) is 63.8 Å². The normalized spacial score (nSPS) is 20.7. The summed E-state index contributed by atoms with van der Waals surface area (Å²) >= 11 is 0. The van der Waals surface area contributed by atoms with Gasteiger partial charge in [-0.25, -0.2) is 0 Å². The van der Waals surface area contributed by atoms with Gasteiger partial charge in [0.1, 0.15) is 0 Å². The summed E-state index contributed by atoms with van der Waals surface area (Å²) in [6.07, 6.45) is -1.39. The third-order valence-electron chi connectivity index (χ3n) is 6.24. The number of phenolic OH excluding ortho intramolecular Hbond substituents is 2. The molecule has 2 aromatic rings. The first-order valence-electron chi connectivity index (χ1n) is 11.5. The average Bonchev–Trinajstić information content (AvgIpc) is 3.24. The lowest BCUT2D eigenvalue weighted by Crippen LogP contribution is -2.27. The van der Waals surface area contributed by atoms with E-state index in [4.69, 9.17) is 33.2 Å². The van der Waals surface area contributed by atoms with Gasteiger partial charge >= 0.3 is 11.9 Å². The molecule has 1 fully saturated rings. The number of methoxy groups -OCH3 is 4. The van der Waals surface area contributed by atoms with Crippen LogP contribution in [0.3, 0.4) is 0 Å². The van der Waals surface area contributed by atoms with E-state index in [9.17, 15) is 19.8 Å². The molecule has 0 unspecified atom stereocenters. The molecular formula is C26H32O11. The van der Waals surface area contributed by atoms with Crippen molar-refractivity contribution in [1.82, 2.24) is 0 Å². The molecule has 0 bridgehead atoms. The number of esters is 2. The van der Waals surface area contributed by atoms with Gasteiger partial charge in [0.2, 0.25) is 11.5 Å². The van der Waals surface area contributed by atoms with Crippen molar-refractivity contribution in [2.45, 2.75) is 26.1 Å². The summed E-state index contributed by atoms with van der Waals surface area (Å²) in [5.41, 5.74) is 1.16. The molecule has 1 saturated heterocycles. The maximum absolute atomic E-state index is 11.7. The van der Waals surface area contributed by atoms with E-state index in [1.165, 1.54) is 42.3 Å². The predicted octanol–water partition coefficient (Wildman–Crippen LogP) is 3.30. The summed E-state index contributed by atoms with van der Waals surface area (Å²) in [6, 6.07) is 6.41. The van der Waals surface area contributed by atoms with Crippen molar-refractivity contribution in [3.05, 3.63) is 35.4 Å². The molecular weight excluding hydrogens is 488 g/mol. The van der Waals surface area contributed by atoms with Crippen molar-refractivity contribution in [2.24, 2.45) is 11.8 Å². The summed E-state index contributed by atoms with van der Waals surface area (Å²) in [6.45, 7) is 2.51. The highest BCUT2D eigenvalue weighted by molar-refractivity contribution is 5.66. The Morgan fingerprint density at radius 1 is 0.676 bits per heavy atom. The molecule has 0 spiro atoms. The fourth-order valence-corrected chi connectivity index (χ4v) is 4.47. The summed E-state index contributed by atoms with van der Waals surface area (Å²) in [5.74, 6) is -1.64. The third kappa shape index (κ3) is 5.93. The fraction of sp³-hybridized carbons (Fsp3) is 0.462. The van der Waals surface area contributed by atoms with E-state index in [2.05, 4.69) is 0 Å². The van der Waals surface area contributed by atoms with Crippen LogP contribution >= 0.6 is 0 Å². The third-order valence-corrected chi connectivity index (χ3v) is 6.24. The van der Waals surface area contributed by atoms with Crippen molar-refractivity contribution in [2.75, 3.05) is 41.7 Å². The van der Waals surface area contributed by atoms with Crippen LogP contribution in [0.1, 0.15) is 37.2 Å². The van der Waals surface area contributed by atoms with Crippen LogP contribution in [0, 0.1) is 11.8 Å². The SMILES string of the molecule is COc1cc([C@@H]2O[C@@H](c3cc(OC)c(O)c(OC)c3)[C@H](COC(C)=O)[C@H]2COC(C)=O)cc(OC)c1O. The summed E-state index contributed by atoms with van der Waals surface area (Å²) < 4.78 is 38.5. The standard InChI is InChI=1S/C26H32O11/c1-13(27)35-11-17-18(12-36-14(2)28)26(16-9-21(33-5)24(30)22(10-16)34-6)37-25(17)15-7-19(31-3)23(29)20(8-15)32-4/h7-10,17-18,25-26,29-30H,11-12H2,1-6H3/t17-,18-,25+,26+/m1/s1. The maximum Gasteiger partial charge on any atom is 0.302 e. The van der Waals surface area contributed by atoms with Gasteiger partial charge in [-0.1, -0.05) is 0 Å². The van der Waals surface area contributed by atoms with Crippen molar-refractivity contribution < 1.29 is 53.0 Å². The van der Waals surface area contributed by atoms with Gasteiger partial charge in [-0.2, -0.15) is 0 Å². The number of hydrogen-bond acceptors (Lipinski definition) is 11. The minimum atomic E-state index is -0.695. The first kappa shape index (κ1) is 27.7. The molecule has 2 aromatic carbocycles. The Morgan fingerprint density at radius 2 is 0.973 bits per heavy atom. The molecule has 3 rings (SSSR count). The van der Waals surface area contributed by atoms with Gasteiger partial charge in [0.05, 0.1) is 53.9 Å². The second-order valence-electron chi connectivity index (χ2n) is 8.46. The van der Waals surface area contributed by atoms with Gasteiger partial charge in [0.25, 0.3) is 0 Å². The van der Waals surface area contributed by atoms with Crippen LogP contribution < -0.4 is 18.9 Å². The number of aromatic hydroxyl groups is 2. The monoisotopic (exact) mass is 520 g/mol. The highest BCUT2D eigenvalue weighted by Gasteiger charge is 2.47. The van der Waals surface area contributed by atoms with Gasteiger partial charge < -0.3 is 43.4 Å². The minimum Gasteiger partial charge on any atom is -0.502 e. The highest BCUT2D eigenvalue weighted by Crippen LogP contribution is 2.53. The molecule has 2 N–H and O–H groups in total. The van der Waals surface area contributed by atoms with Crippen LogP contribution in [-0.2, 0) is 23.8 Å². The van der Waals surface area contributed by atoms with Crippen LogP contribution in [0.15, 0.2) is 24.3 Å². The lowest BCUT2D eigenvalue weighted by atomic mass is 9.83. The van der Waals surface area contributed by atoms with E-state index in [1.807, 2.05) is 0 Å². The van der Waals surface area contributed by atoms with Crippen LogP contribution in [0.2, 0.25) is 0 Å². The largest absolute Gasteiger partial charge is 0.502 e. The Labute approximate surface area is 214 Å². The predicted molar refractivity (Wildman–Crippen MR) is 129 cm³/mol. The maximum atomic E-state index is 11.7. The smallest absolute Gasteiger partial charge is 0.302 e. The first-order valence-corrected chi connectivity index (χ1v) is 11.5. The zero-order chi connectivity index (χ0) is 27.3. The molecule has 37 heavy (non-hydrogen) atoms. The van der Waals surface area contributed by atoms with E-state index in [0.29, 0.717) is 11.1 Å². The minimum absolute atomic E-state index is 0.0414. The molecule has 4 atom stereocenters. The van der Waals surface area contributed by atoms with E-state index < -0.39 is 36.0 Å². The number of carbonyl (C=O) groups excluding carboxylic acids is 2. The summed E-state index contributed by atoms with van der Waals surface area (Å²) in [4.78, 5) is 23.5. The highest BCUT2D eigenvalue weighted by atomic mass is 16.6. The second-order valence-corrected chi connectivity index (χ2v) is 8.46. The molecule has 11 nitrogen and oxygen atoms in total. The van der Waals surface area contributed by atoms with Crippen molar-refractivity contribution in [1.29, 1.82) is 0 Å². The molecule has 0 radical (unpaired) electrons.